The summed E-state index contributed by atoms with van der Waals surface area (Å²) in [5, 5.41) is 7.13. The highest BCUT2D eigenvalue weighted by atomic mass is 35.5. The van der Waals surface area contributed by atoms with Crippen molar-refractivity contribution in [2.45, 2.75) is 26.8 Å². The summed E-state index contributed by atoms with van der Waals surface area (Å²) < 4.78 is 15.5. The van der Waals surface area contributed by atoms with Crippen LogP contribution in [0.25, 0.3) is 0 Å². The maximum absolute atomic E-state index is 12.7. The zero-order valence-electron chi connectivity index (χ0n) is 19.5. The summed E-state index contributed by atoms with van der Waals surface area (Å²) >= 11 is 5.94. The number of halogens is 1. The van der Waals surface area contributed by atoms with Crippen LogP contribution in [0.1, 0.15) is 36.7 Å². The van der Waals surface area contributed by atoms with Crippen molar-refractivity contribution >= 4 is 35.6 Å². The van der Waals surface area contributed by atoms with Gasteiger partial charge in [0.1, 0.15) is 6.04 Å². The Morgan fingerprint density at radius 3 is 2.50 bits per heavy atom. The number of hydrazone groups is 1. The summed E-state index contributed by atoms with van der Waals surface area (Å²) in [4.78, 5) is 36.5. The molecule has 0 aromatic heterocycles. The van der Waals surface area contributed by atoms with Gasteiger partial charge in [-0.3, -0.25) is 9.59 Å². The molecule has 0 aliphatic rings. The number of nitrogens with zero attached hydrogens (tertiary/aromatic N) is 1. The summed E-state index contributed by atoms with van der Waals surface area (Å²) in [6, 6.07) is 10.6. The van der Waals surface area contributed by atoms with Crippen molar-refractivity contribution in [1.82, 2.24) is 10.7 Å². The number of methoxy groups -OCH3 is 1. The van der Waals surface area contributed by atoms with Gasteiger partial charge in [-0.25, -0.2) is 10.2 Å². The van der Waals surface area contributed by atoms with Crippen LogP contribution in [0.4, 0.5) is 0 Å². The number of amides is 2. The zero-order valence-corrected chi connectivity index (χ0v) is 20.2. The number of nitrogens with one attached hydrogen (secondary N) is 2. The third-order valence-corrected chi connectivity index (χ3v) is 4.79. The number of benzene rings is 2. The van der Waals surface area contributed by atoms with Crippen LogP contribution in [0.2, 0.25) is 5.02 Å². The molecule has 2 amide bonds. The molecular weight excluding hydrogens is 462 g/mol. The molecule has 2 rings (SSSR count). The average Bonchev–Trinajstić information content (AvgIpc) is 2.81. The van der Waals surface area contributed by atoms with Crippen LogP contribution in [0.15, 0.2) is 47.6 Å². The number of carbonyl (C=O) groups excluding carboxylic acids is 3. The highest BCUT2D eigenvalue weighted by molar-refractivity contribution is 6.31. The third kappa shape index (κ3) is 8.08. The van der Waals surface area contributed by atoms with Gasteiger partial charge in [0, 0.05) is 10.6 Å². The number of esters is 1. The van der Waals surface area contributed by atoms with Crippen LogP contribution in [0, 0.1) is 5.92 Å². The number of hydrogen-bond acceptors (Lipinski definition) is 7. The number of carbonyl (C=O) groups is 3. The molecule has 1 unspecified atom stereocenters. The lowest BCUT2D eigenvalue weighted by Gasteiger charge is -2.20. The van der Waals surface area contributed by atoms with Crippen molar-refractivity contribution in [2.24, 2.45) is 11.0 Å². The molecule has 1 atom stereocenters. The second-order valence-corrected chi connectivity index (χ2v) is 7.88. The Bertz CT molecular complexity index is 1040. The van der Waals surface area contributed by atoms with E-state index in [1.54, 1.807) is 36.4 Å². The molecule has 9 nitrogen and oxygen atoms in total. The van der Waals surface area contributed by atoms with Crippen molar-refractivity contribution < 1.29 is 28.6 Å². The van der Waals surface area contributed by atoms with Gasteiger partial charge < -0.3 is 19.5 Å². The molecule has 0 fully saturated rings. The number of ether oxygens (including phenoxy) is 3. The molecule has 0 aliphatic heterocycles. The Labute approximate surface area is 203 Å². The molecule has 2 N–H and O–H groups in total. The van der Waals surface area contributed by atoms with Gasteiger partial charge in [-0.15, -0.1) is 0 Å². The number of rotatable bonds is 11. The summed E-state index contributed by atoms with van der Waals surface area (Å²) in [7, 11) is 1.27. The van der Waals surface area contributed by atoms with Gasteiger partial charge in [0.2, 0.25) is 0 Å². The molecule has 0 bridgehead atoms. The standard InChI is InChI=1S/C24H28ClN3O6/c1-5-33-20-11-16(9-10-19(20)34-14-21(29)32-4)13-26-28-24(31)22(15(2)3)27-23(30)17-7-6-8-18(25)12-17/h6-13,15,22H,5,14H2,1-4H3,(H,27,30)(H,28,31)/b26-13+. The van der Waals surface area contributed by atoms with E-state index in [1.807, 2.05) is 20.8 Å². The first-order valence-electron chi connectivity index (χ1n) is 10.6. The number of hydrogen-bond donors (Lipinski definition) is 2. The van der Waals surface area contributed by atoms with Crippen molar-refractivity contribution in [1.29, 1.82) is 0 Å². The normalized spacial score (nSPS) is 11.7. The van der Waals surface area contributed by atoms with E-state index in [4.69, 9.17) is 21.1 Å². The molecule has 0 radical (unpaired) electrons. The van der Waals surface area contributed by atoms with Crippen LogP contribution in [0.5, 0.6) is 11.5 Å². The maximum Gasteiger partial charge on any atom is 0.343 e. The molecule has 0 saturated carbocycles. The topological polar surface area (TPSA) is 115 Å². The van der Waals surface area contributed by atoms with Gasteiger partial charge in [-0.05, 0) is 54.8 Å². The lowest BCUT2D eigenvalue weighted by molar-refractivity contribution is -0.142. The monoisotopic (exact) mass is 489 g/mol. The molecule has 0 spiro atoms. The molecule has 182 valence electrons. The minimum absolute atomic E-state index is 0.186. The third-order valence-electron chi connectivity index (χ3n) is 4.55. The summed E-state index contributed by atoms with van der Waals surface area (Å²) in [6.07, 6.45) is 1.43. The van der Waals surface area contributed by atoms with E-state index in [1.165, 1.54) is 19.4 Å². The first kappa shape index (κ1) is 26.7. The van der Waals surface area contributed by atoms with Crippen molar-refractivity contribution in [3.8, 4) is 11.5 Å². The Hall–Kier alpha value is -3.59. The Morgan fingerprint density at radius 1 is 1.09 bits per heavy atom. The van der Waals surface area contributed by atoms with Gasteiger partial charge in [0.05, 0.1) is 19.9 Å². The summed E-state index contributed by atoms with van der Waals surface area (Å²) in [5.74, 6) is -0.798. The summed E-state index contributed by atoms with van der Waals surface area (Å²) in [5.41, 5.74) is 3.43. The fourth-order valence-electron chi connectivity index (χ4n) is 2.82. The van der Waals surface area contributed by atoms with Gasteiger partial charge >= 0.3 is 5.97 Å². The molecule has 34 heavy (non-hydrogen) atoms. The minimum Gasteiger partial charge on any atom is -0.490 e. The highest BCUT2D eigenvalue weighted by Gasteiger charge is 2.24. The van der Waals surface area contributed by atoms with Crippen molar-refractivity contribution in [3.05, 3.63) is 58.6 Å². The Morgan fingerprint density at radius 2 is 1.85 bits per heavy atom. The molecule has 2 aromatic carbocycles. The molecule has 10 heteroatoms. The summed E-state index contributed by atoms with van der Waals surface area (Å²) in [6.45, 7) is 5.57. The predicted molar refractivity (Wildman–Crippen MR) is 128 cm³/mol. The van der Waals surface area contributed by atoms with E-state index in [2.05, 4.69) is 20.6 Å². The molecule has 2 aromatic rings. The molecule has 0 heterocycles. The predicted octanol–water partition coefficient (Wildman–Crippen LogP) is 3.20. The van der Waals surface area contributed by atoms with Crippen LogP contribution in [0.3, 0.4) is 0 Å². The Kier molecular flexibility index (Phi) is 10.3. The van der Waals surface area contributed by atoms with Crippen LogP contribution < -0.4 is 20.2 Å². The van der Waals surface area contributed by atoms with E-state index in [0.717, 1.165) is 0 Å². The van der Waals surface area contributed by atoms with Crippen LogP contribution in [-0.4, -0.2) is 50.4 Å². The first-order chi connectivity index (χ1) is 16.2. The SMILES string of the molecule is CCOc1cc(/C=N/NC(=O)C(NC(=O)c2cccc(Cl)c2)C(C)C)ccc1OCC(=O)OC. The minimum atomic E-state index is -0.809. The first-order valence-corrected chi connectivity index (χ1v) is 11.0. The highest BCUT2D eigenvalue weighted by Crippen LogP contribution is 2.28. The van der Waals surface area contributed by atoms with Crippen molar-refractivity contribution in [3.63, 3.8) is 0 Å². The largest absolute Gasteiger partial charge is 0.490 e. The van der Waals surface area contributed by atoms with Gasteiger partial charge in [-0.2, -0.15) is 5.10 Å². The molecular formula is C24H28ClN3O6. The second-order valence-electron chi connectivity index (χ2n) is 7.44. The Balaban J connectivity index is 2.05. The second kappa shape index (κ2) is 13.2. The lowest BCUT2D eigenvalue weighted by Crippen LogP contribution is -2.48. The van der Waals surface area contributed by atoms with E-state index < -0.39 is 23.8 Å². The van der Waals surface area contributed by atoms with Gasteiger partial charge in [0.25, 0.3) is 11.8 Å². The zero-order chi connectivity index (χ0) is 25.1. The van der Waals surface area contributed by atoms with E-state index >= 15 is 0 Å². The smallest absolute Gasteiger partial charge is 0.343 e. The maximum atomic E-state index is 12.7. The molecule has 0 saturated heterocycles. The lowest BCUT2D eigenvalue weighted by atomic mass is 10.0. The van der Waals surface area contributed by atoms with Crippen LogP contribution in [-0.2, 0) is 14.3 Å². The van der Waals surface area contributed by atoms with Crippen LogP contribution >= 0.6 is 11.6 Å². The van der Waals surface area contributed by atoms with Crippen molar-refractivity contribution in [2.75, 3.05) is 20.3 Å². The van der Waals surface area contributed by atoms with E-state index in [9.17, 15) is 14.4 Å². The van der Waals surface area contributed by atoms with Gasteiger partial charge in [-0.1, -0.05) is 31.5 Å². The quantitative estimate of drug-likeness (QED) is 0.284. The van der Waals surface area contributed by atoms with E-state index in [-0.39, 0.29) is 12.5 Å². The molecule has 0 aliphatic carbocycles. The van der Waals surface area contributed by atoms with Gasteiger partial charge in [0.15, 0.2) is 18.1 Å². The fraction of sp³-hybridized carbons (Fsp3) is 0.333. The fourth-order valence-corrected chi connectivity index (χ4v) is 3.01. The van der Waals surface area contributed by atoms with E-state index in [0.29, 0.717) is 34.3 Å². The average molecular weight is 490 g/mol.